The van der Waals surface area contributed by atoms with Crippen LogP contribution < -0.4 is 0 Å². The Morgan fingerprint density at radius 1 is 1.42 bits per heavy atom. The molecule has 1 N–H and O–H groups in total. The van der Waals surface area contributed by atoms with Crippen molar-refractivity contribution >= 4 is 5.97 Å². The monoisotopic (exact) mass is 182 g/mol. The van der Waals surface area contributed by atoms with Crippen LogP contribution >= 0.6 is 0 Å². The van der Waals surface area contributed by atoms with E-state index < -0.39 is 18.1 Å². The summed E-state index contributed by atoms with van der Waals surface area (Å²) in [4.78, 5) is 10.1. The molecule has 0 atom stereocenters. The van der Waals surface area contributed by atoms with Gasteiger partial charge in [-0.15, -0.1) is 0 Å². The highest BCUT2D eigenvalue weighted by molar-refractivity contribution is 5.67. The fourth-order valence-electron chi connectivity index (χ4n) is 1.42. The van der Waals surface area contributed by atoms with Crippen LogP contribution in [0.2, 0.25) is 0 Å². The predicted molar refractivity (Wildman–Crippen MR) is 34.5 cm³/mol. The Morgan fingerprint density at radius 2 is 1.92 bits per heavy atom. The highest BCUT2D eigenvalue weighted by Crippen LogP contribution is 2.45. The number of halogens is 3. The van der Waals surface area contributed by atoms with Gasteiger partial charge in [-0.1, -0.05) is 0 Å². The van der Waals surface area contributed by atoms with Crippen molar-refractivity contribution in [3.63, 3.8) is 0 Å². The number of carboxylic acids is 1. The van der Waals surface area contributed by atoms with Gasteiger partial charge in [-0.3, -0.25) is 4.79 Å². The van der Waals surface area contributed by atoms with Gasteiger partial charge in [0.05, 0.1) is 5.92 Å². The van der Waals surface area contributed by atoms with Crippen molar-refractivity contribution in [1.29, 1.82) is 0 Å². The summed E-state index contributed by atoms with van der Waals surface area (Å²) in [6.45, 7) is 0. The van der Waals surface area contributed by atoms with Crippen molar-refractivity contribution in [2.75, 3.05) is 0 Å². The summed E-state index contributed by atoms with van der Waals surface area (Å²) in [5, 5.41) is 8.26. The zero-order chi connectivity index (χ0) is 9.35. The Morgan fingerprint density at radius 3 is 2.25 bits per heavy atom. The van der Waals surface area contributed by atoms with Crippen LogP contribution in [0.15, 0.2) is 0 Å². The lowest BCUT2D eigenvalue weighted by Crippen LogP contribution is -2.36. The standard InChI is InChI=1S/C7H9F3O2/c8-7(9,10)5-1-4(2-5)3-6(11)12/h4-5H,1-3H2,(H,11,12). The van der Waals surface area contributed by atoms with Gasteiger partial charge >= 0.3 is 12.1 Å². The van der Waals surface area contributed by atoms with Crippen LogP contribution in [0.4, 0.5) is 13.2 Å². The summed E-state index contributed by atoms with van der Waals surface area (Å²) < 4.78 is 35.6. The molecule has 0 aromatic carbocycles. The van der Waals surface area contributed by atoms with Gasteiger partial charge in [-0.05, 0) is 18.8 Å². The van der Waals surface area contributed by atoms with Gasteiger partial charge in [0.2, 0.25) is 0 Å². The van der Waals surface area contributed by atoms with Crippen molar-refractivity contribution in [3.8, 4) is 0 Å². The maximum atomic E-state index is 11.9. The smallest absolute Gasteiger partial charge is 0.391 e. The van der Waals surface area contributed by atoms with Gasteiger partial charge < -0.3 is 5.11 Å². The summed E-state index contributed by atoms with van der Waals surface area (Å²) in [7, 11) is 0. The molecule has 70 valence electrons. The molecular formula is C7H9F3O2. The Balaban J connectivity index is 2.25. The van der Waals surface area contributed by atoms with Crippen LogP contribution in [0, 0.1) is 11.8 Å². The molecule has 0 saturated heterocycles. The lowest BCUT2D eigenvalue weighted by molar-refractivity contribution is -0.206. The van der Waals surface area contributed by atoms with Crippen molar-refractivity contribution in [2.45, 2.75) is 25.4 Å². The summed E-state index contributed by atoms with van der Waals surface area (Å²) in [5.74, 6) is -2.54. The first-order valence-corrected chi connectivity index (χ1v) is 3.68. The van der Waals surface area contributed by atoms with Gasteiger partial charge in [0, 0.05) is 6.42 Å². The molecular weight excluding hydrogens is 173 g/mol. The first-order valence-electron chi connectivity index (χ1n) is 3.68. The van der Waals surface area contributed by atoms with E-state index in [-0.39, 0.29) is 25.2 Å². The molecule has 1 fully saturated rings. The van der Waals surface area contributed by atoms with E-state index in [4.69, 9.17) is 5.11 Å². The van der Waals surface area contributed by atoms with Gasteiger partial charge in [0.15, 0.2) is 0 Å². The average Bonchev–Trinajstić information content (AvgIpc) is 1.73. The minimum Gasteiger partial charge on any atom is -0.481 e. The van der Waals surface area contributed by atoms with E-state index in [2.05, 4.69) is 0 Å². The van der Waals surface area contributed by atoms with Crippen LogP contribution in [0.5, 0.6) is 0 Å². The summed E-state index contributed by atoms with van der Waals surface area (Å²) >= 11 is 0. The SMILES string of the molecule is O=C(O)CC1CC(C(F)(F)F)C1. The third-order valence-corrected chi connectivity index (χ3v) is 2.16. The topological polar surface area (TPSA) is 37.3 Å². The first kappa shape index (κ1) is 9.35. The second kappa shape index (κ2) is 2.95. The maximum Gasteiger partial charge on any atom is 0.391 e. The maximum absolute atomic E-state index is 11.9. The number of carbonyl (C=O) groups is 1. The van der Waals surface area contributed by atoms with E-state index in [1.807, 2.05) is 0 Å². The highest BCUT2D eigenvalue weighted by atomic mass is 19.4. The van der Waals surface area contributed by atoms with Gasteiger partial charge in [-0.2, -0.15) is 13.2 Å². The van der Waals surface area contributed by atoms with Crippen molar-refractivity contribution in [3.05, 3.63) is 0 Å². The molecule has 0 aromatic rings. The minimum absolute atomic E-state index is 0.0181. The molecule has 1 aliphatic carbocycles. The zero-order valence-electron chi connectivity index (χ0n) is 6.27. The molecule has 0 unspecified atom stereocenters. The van der Waals surface area contributed by atoms with Crippen LogP contribution in [-0.4, -0.2) is 17.3 Å². The number of carboxylic acid groups (broad SMARTS) is 1. The molecule has 1 rings (SSSR count). The molecule has 0 bridgehead atoms. The summed E-state index contributed by atoms with van der Waals surface area (Å²) in [5.41, 5.74) is 0. The lowest BCUT2D eigenvalue weighted by atomic mass is 9.73. The normalized spacial score (nSPS) is 29.6. The van der Waals surface area contributed by atoms with E-state index in [1.165, 1.54) is 0 Å². The molecule has 2 nitrogen and oxygen atoms in total. The molecule has 5 heteroatoms. The van der Waals surface area contributed by atoms with E-state index in [0.29, 0.717) is 0 Å². The lowest BCUT2D eigenvalue weighted by Gasteiger charge is -2.35. The largest absolute Gasteiger partial charge is 0.481 e. The zero-order valence-corrected chi connectivity index (χ0v) is 6.27. The van der Waals surface area contributed by atoms with Gasteiger partial charge in [0.1, 0.15) is 0 Å². The highest BCUT2D eigenvalue weighted by Gasteiger charge is 2.47. The molecule has 0 radical (unpaired) electrons. The van der Waals surface area contributed by atoms with Crippen molar-refractivity contribution in [2.24, 2.45) is 11.8 Å². The Bertz CT molecular complexity index is 182. The van der Waals surface area contributed by atoms with Crippen molar-refractivity contribution in [1.82, 2.24) is 0 Å². The molecule has 12 heavy (non-hydrogen) atoms. The van der Waals surface area contributed by atoms with Gasteiger partial charge in [0.25, 0.3) is 0 Å². The molecule has 0 spiro atoms. The second-order valence-electron chi connectivity index (χ2n) is 3.17. The number of aliphatic carboxylic acids is 1. The molecule has 0 amide bonds. The number of hydrogen-bond acceptors (Lipinski definition) is 1. The van der Waals surface area contributed by atoms with Crippen LogP contribution in [0.3, 0.4) is 0 Å². The molecule has 1 aliphatic rings. The molecule has 0 aromatic heterocycles. The van der Waals surface area contributed by atoms with E-state index >= 15 is 0 Å². The van der Waals surface area contributed by atoms with Crippen LogP contribution in [-0.2, 0) is 4.79 Å². The predicted octanol–water partition coefficient (Wildman–Crippen LogP) is 2.05. The number of hydrogen-bond donors (Lipinski definition) is 1. The quantitative estimate of drug-likeness (QED) is 0.709. The fourth-order valence-corrected chi connectivity index (χ4v) is 1.42. The third-order valence-electron chi connectivity index (χ3n) is 2.16. The van der Waals surface area contributed by atoms with Crippen molar-refractivity contribution < 1.29 is 23.1 Å². The minimum atomic E-state index is -4.13. The molecule has 0 heterocycles. The van der Waals surface area contributed by atoms with Crippen LogP contribution in [0.25, 0.3) is 0 Å². The average molecular weight is 182 g/mol. The summed E-state index contributed by atoms with van der Waals surface area (Å²) in [6, 6.07) is 0. The fraction of sp³-hybridized carbons (Fsp3) is 0.857. The van der Waals surface area contributed by atoms with Crippen LogP contribution in [0.1, 0.15) is 19.3 Å². The number of alkyl halides is 3. The van der Waals surface area contributed by atoms with E-state index in [9.17, 15) is 18.0 Å². The Kier molecular flexibility index (Phi) is 2.30. The summed E-state index contributed by atoms with van der Waals surface area (Å²) in [6.07, 6.45) is -4.30. The Hall–Kier alpha value is -0.740. The second-order valence-corrected chi connectivity index (χ2v) is 3.17. The van der Waals surface area contributed by atoms with E-state index in [0.717, 1.165) is 0 Å². The van der Waals surface area contributed by atoms with Gasteiger partial charge in [-0.25, -0.2) is 0 Å². The molecule has 0 aliphatic heterocycles. The number of rotatable bonds is 2. The molecule has 1 saturated carbocycles. The third kappa shape index (κ3) is 2.12. The van der Waals surface area contributed by atoms with E-state index in [1.54, 1.807) is 0 Å². The Labute approximate surface area is 67.4 Å². The first-order chi connectivity index (χ1) is 5.39.